The normalized spacial score (nSPS) is 13.2. The molecule has 1 aromatic rings. The van der Waals surface area contributed by atoms with Gasteiger partial charge in [-0.1, -0.05) is 34.1 Å². The van der Waals surface area contributed by atoms with Gasteiger partial charge in [0.15, 0.2) is 0 Å². The largest absolute Gasteiger partial charge is 0.380 e. The van der Waals surface area contributed by atoms with Crippen LogP contribution in [-0.2, 0) is 16.0 Å². The van der Waals surface area contributed by atoms with Crippen molar-refractivity contribution in [3.05, 3.63) is 34.3 Å². The van der Waals surface area contributed by atoms with Gasteiger partial charge in [-0.2, -0.15) is 0 Å². The monoisotopic (exact) mass is 364 g/mol. The number of nitrogens with two attached hydrogens (primary N) is 1. The molecule has 3 N–H and O–H groups in total. The highest BCUT2D eigenvalue weighted by molar-refractivity contribution is 9.10. The van der Waals surface area contributed by atoms with Gasteiger partial charge in [-0.05, 0) is 25.0 Å². The highest BCUT2D eigenvalue weighted by atomic mass is 79.9. The number of benzene rings is 1. The summed E-state index contributed by atoms with van der Waals surface area (Å²) >= 11 is 3.50. The summed E-state index contributed by atoms with van der Waals surface area (Å²) in [6, 6.07) is 8.08. The van der Waals surface area contributed by atoms with Crippen molar-refractivity contribution in [2.75, 3.05) is 13.7 Å². The van der Waals surface area contributed by atoms with Crippen LogP contribution in [0.1, 0.15) is 18.9 Å². The third-order valence-corrected chi connectivity index (χ3v) is 3.67. The summed E-state index contributed by atoms with van der Waals surface area (Å²) in [5.74, 6) is -0.0307. The van der Waals surface area contributed by atoms with Crippen LogP contribution in [0.3, 0.4) is 0 Å². The minimum absolute atomic E-state index is 0. The Morgan fingerprint density at radius 3 is 2.65 bits per heavy atom. The quantitative estimate of drug-likeness (QED) is 0.779. The fraction of sp³-hybridized carbons (Fsp3) is 0.500. The molecule has 1 amide bonds. The van der Waals surface area contributed by atoms with Crippen molar-refractivity contribution in [3.8, 4) is 0 Å². The number of ether oxygens (including phenoxy) is 1. The summed E-state index contributed by atoms with van der Waals surface area (Å²) in [5, 5.41) is 2.96. The van der Waals surface area contributed by atoms with E-state index < -0.39 is 0 Å². The Bertz CT molecular complexity index is 414. The fourth-order valence-electron chi connectivity index (χ4n) is 1.85. The van der Waals surface area contributed by atoms with Crippen LogP contribution in [0.5, 0.6) is 0 Å². The van der Waals surface area contributed by atoms with Gasteiger partial charge in [-0.15, -0.1) is 12.4 Å². The first-order valence-corrected chi connectivity index (χ1v) is 7.11. The Morgan fingerprint density at radius 2 is 2.10 bits per heavy atom. The summed E-state index contributed by atoms with van der Waals surface area (Å²) in [5.41, 5.74) is 6.67. The Hall–Kier alpha value is -0.620. The second-order valence-electron chi connectivity index (χ2n) is 4.56. The topological polar surface area (TPSA) is 64.3 Å². The van der Waals surface area contributed by atoms with E-state index in [1.807, 2.05) is 31.2 Å². The lowest BCUT2D eigenvalue weighted by atomic mass is 10.1. The second kappa shape index (κ2) is 10.2. The number of carbonyl (C=O) groups is 1. The molecule has 6 heteroatoms. The molecule has 0 aliphatic carbocycles. The predicted molar refractivity (Wildman–Crippen MR) is 87.2 cm³/mol. The van der Waals surface area contributed by atoms with E-state index in [0.29, 0.717) is 13.0 Å². The number of hydrogen-bond donors (Lipinski definition) is 2. The summed E-state index contributed by atoms with van der Waals surface area (Å²) in [6.07, 6.45) is 0.872. The SMILES string of the molecule is COC(CN)CC(=O)NC(C)Cc1ccccc1Br.Cl. The molecule has 0 radical (unpaired) electrons. The number of nitrogens with one attached hydrogen (secondary N) is 1. The molecule has 0 saturated heterocycles. The lowest BCUT2D eigenvalue weighted by Gasteiger charge is -2.17. The lowest BCUT2D eigenvalue weighted by molar-refractivity contribution is -0.123. The van der Waals surface area contributed by atoms with Crippen molar-refractivity contribution in [2.45, 2.75) is 31.9 Å². The molecule has 20 heavy (non-hydrogen) atoms. The second-order valence-corrected chi connectivity index (χ2v) is 5.42. The molecule has 4 nitrogen and oxygen atoms in total. The number of amides is 1. The molecule has 0 saturated carbocycles. The van der Waals surface area contributed by atoms with E-state index in [9.17, 15) is 4.79 Å². The van der Waals surface area contributed by atoms with Gasteiger partial charge in [0.2, 0.25) is 5.91 Å². The molecule has 114 valence electrons. The van der Waals surface area contributed by atoms with Gasteiger partial charge < -0.3 is 15.8 Å². The van der Waals surface area contributed by atoms with Gasteiger partial charge in [0.05, 0.1) is 12.5 Å². The molecular formula is C14H22BrClN2O2. The first-order chi connectivity index (χ1) is 9.06. The van der Waals surface area contributed by atoms with Crippen molar-refractivity contribution in [1.29, 1.82) is 0 Å². The summed E-state index contributed by atoms with van der Waals surface area (Å²) in [4.78, 5) is 11.8. The Balaban J connectivity index is 0.00000361. The number of hydrogen-bond acceptors (Lipinski definition) is 3. The average molecular weight is 366 g/mol. The molecule has 0 aliphatic rings. The van der Waals surface area contributed by atoms with Crippen LogP contribution in [0.25, 0.3) is 0 Å². The van der Waals surface area contributed by atoms with Crippen molar-refractivity contribution in [3.63, 3.8) is 0 Å². The van der Waals surface area contributed by atoms with Gasteiger partial charge in [0.25, 0.3) is 0 Å². The number of carbonyl (C=O) groups excluding carboxylic acids is 1. The highest BCUT2D eigenvalue weighted by Gasteiger charge is 2.14. The fourth-order valence-corrected chi connectivity index (χ4v) is 2.29. The molecule has 1 aromatic carbocycles. The zero-order valence-corrected chi connectivity index (χ0v) is 14.2. The van der Waals surface area contributed by atoms with E-state index in [4.69, 9.17) is 10.5 Å². The van der Waals surface area contributed by atoms with Crippen LogP contribution in [0.2, 0.25) is 0 Å². The molecule has 0 bridgehead atoms. The average Bonchev–Trinajstić information content (AvgIpc) is 2.38. The number of halogens is 2. The van der Waals surface area contributed by atoms with Gasteiger partial charge in [-0.3, -0.25) is 4.79 Å². The lowest BCUT2D eigenvalue weighted by Crippen LogP contribution is -2.38. The van der Waals surface area contributed by atoms with E-state index in [1.165, 1.54) is 5.56 Å². The van der Waals surface area contributed by atoms with Gasteiger partial charge in [0, 0.05) is 24.2 Å². The maximum absolute atomic E-state index is 11.8. The molecular weight excluding hydrogens is 344 g/mol. The standard InChI is InChI=1S/C14H21BrN2O2.ClH/c1-10(7-11-5-3-4-6-13(11)15)17-14(18)8-12(9-16)19-2;/h3-6,10,12H,7-9,16H2,1-2H3,(H,17,18);1H. The van der Waals surface area contributed by atoms with Crippen LogP contribution in [0, 0.1) is 0 Å². The molecule has 0 aliphatic heterocycles. The molecule has 2 unspecified atom stereocenters. The van der Waals surface area contributed by atoms with Crippen LogP contribution in [0.15, 0.2) is 28.7 Å². The first kappa shape index (κ1) is 19.4. The van der Waals surface area contributed by atoms with Crippen molar-refractivity contribution in [2.24, 2.45) is 5.73 Å². The number of rotatable bonds is 7. The van der Waals surface area contributed by atoms with Crippen LogP contribution < -0.4 is 11.1 Å². The maximum atomic E-state index is 11.8. The Morgan fingerprint density at radius 1 is 1.45 bits per heavy atom. The highest BCUT2D eigenvalue weighted by Crippen LogP contribution is 2.17. The summed E-state index contributed by atoms with van der Waals surface area (Å²) in [7, 11) is 1.56. The van der Waals surface area contributed by atoms with E-state index in [-0.39, 0.29) is 30.5 Å². The van der Waals surface area contributed by atoms with Gasteiger partial charge in [-0.25, -0.2) is 0 Å². The van der Waals surface area contributed by atoms with E-state index in [0.717, 1.165) is 10.9 Å². The minimum Gasteiger partial charge on any atom is -0.380 e. The van der Waals surface area contributed by atoms with Gasteiger partial charge >= 0.3 is 0 Å². The predicted octanol–water partition coefficient (Wildman–Crippen LogP) is 2.28. The molecule has 0 heterocycles. The Kier molecular flexibility index (Phi) is 9.84. The summed E-state index contributed by atoms with van der Waals surface area (Å²) in [6.45, 7) is 2.34. The van der Waals surface area contributed by atoms with Crippen molar-refractivity contribution in [1.82, 2.24) is 5.32 Å². The van der Waals surface area contributed by atoms with Crippen LogP contribution >= 0.6 is 28.3 Å². The van der Waals surface area contributed by atoms with E-state index in [1.54, 1.807) is 7.11 Å². The molecule has 1 rings (SSSR count). The number of methoxy groups -OCH3 is 1. The molecule has 0 fully saturated rings. The molecule has 0 aromatic heterocycles. The smallest absolute Gasteiger partial charge is 0.222 e. The zero-order chi connectivity index (χ0) is 14.3. The maximum Gasteiger partial charge on any atom is 0.222 e. The van der Waals surface area contributed by atoms with Crippen molar-refractivity contribution >= 4 is 34.2 Å². The third kappa shape index (κ3) is 6.70. The summed E-state index contributed by atoms with van der Waals surface area (Å²) < 4.78 is 6.16. The van der Waals surface area contributed by atoms with Gasteiger partial charge in [0.1, 0.15) is 0 Å². The Labute approximate surface area is 135 Å². The van der Waals surface area contributed by atoms with E-state index in [2.05, 4.69) is 21.2 Å². The molecule has 0 spiro atoms. The molecule has 2 atom stereocenters. The van der Waals surface area contributed by atoms with Crippen molar-refractivity contribution < 1.29 is 9.53 Å². The third-order valence-electron chi connectivity index (χ3n) is 2.90. The first-order valence-electron chi connectivity index (χ1n) is 6.32. The minimum atomic E-state index is -0.212. The van der Waals surface area contributed by atoms with Crippen LogP contribution in [-0.4, -0.2) is 31.7 Å². The van der Waals surface area contributed by atoms with Crippen LogP contribution in [0.4, 0.5) is 0 Å². The van der Waals surface area contributed by atoms with E-state index >= 15 is 0 Å². The zero-order valence-electron chi connectivity index (χ0n) is 11.8.